The number of carboxylic acid groups (broad SMARTS) is 2. The molecule has 4 amide bonds. The zero-order valence-corrected chi connectivity index (χ0v) is 17.2. The quantitative estimate of drug-likeness (QED) is 0.124. The van der Waals surface area contributed by atoms with Gasteiger partial charge in [-0.05, 0) is 0 Å². The van der Waals surface area contributed by atoms with E-state index in [0.29, 0.717) is 5.69 Å². The molecule has 0 spiro atoms. The predicted molar refractivity (Wildman–Crippen MR) is 107 cm³/mol. The van der Waals surface area contributed by atoms with Crippen LogP contribution in [0.1, 0.15) is 18.5 Å². The van der Waals surface area contributed by atoms with Gasteiger partial charge >= 0.3 is 11.9 Å². The van der Waals surface area contributed by atoms with E-state index in [1.54, 1.807) is 0 Å². The predicted octanol–water partition coefficient (Wildman–Crippen LogP) is -4.84. The number of primary amides is 1. The van der Waals surface area contributed by atoms with Crippen molar-refractivity contribution in [3.05, 3.63) is 18.2 Å². The minimum Gasteiger partial charge on any atom is -0.481 e. The minimum atomic E-state index is -1.75. The van der Waals surface area contributed by atoms with Gasteiger partial charge in [-0.1, -0.05) is 0 Å². The van der Waals surface area contributed by atoms with E-state index in [9.17, 15) is 39.0 Å². The van der Waals surface area contributed by atoms with Crippen LogP contribution in [-0.4, -0.2) is 91.6 Å². The van der Waals surface area contributed by atoms with Gasteiger partial charge in [0.15, 0.2) is 0 Å². The molecule has 0 aliphatic rings. The van der Waals surface area contributed by atoms with Gasteiger partial charge < -0.3 is 47.7 Å². The van der Waals surface area contributed by atoms with Crippen LogP contribution in [0.4, 0.5) is 0 Å². The van der Waals surface area contributed by atoms with Gasteiger partial charge in [0.1, 0.15) is 18.1 Å². The Labute approximate surface area is 186 Å². The van der Waals surface area contributed by atoms with Crippen molar-refractivity contribution in [2.45, 2.75) is 43.4 Å². The Balaban J connectivity index is 2.88. The largest absolute Gasteiger partial charge is 0.481 e. The second-order valence-corrected chi connectivity index (χ2v) is 6.86. The number of rotatable bonds is 14. The third-order valence-electron chi connectivity index (χ3n) is 4.18. The van der Waals surface area contributed by atoms with Crippen LogP contribution in [0.2, 0.25) is 0 Å². The summed E-state index contributed by atoms with van der Waals surface area (Å²) in [6, 6.07) is -6.29. The maximum absolute atomic E-state index is 12.5. The molecule has 4 unspecified atom stereocenters. The summed E-state index contributed by atoms with van der Waals surface area (Å²) in [5, 5.41) is 34.0. The first-order valence-electron chi connectivity index (χ1n) is 9.42. The summed E-state index contributed by atoms with van der Waals surface area (Å²) in [4.78, 5) is 76.7. The molecule has 0 bridgehead atoms. The molecular formula is C17H25N7O9. The smallest absolute Gasteiger partial charge is 0.326 e. The number of imidazole rings is 1. The summed E-state index contributed by atoms with van der Waals surface area (Å²) in [7, 11) is 0. The highest BCUT2D eigenvalue weighted by molar-refractivity contribution is 5.96. The molecule has 1 aromatic heterocycles. The van der Waals surface area contributed by atoms with Crippen molar-refractivity contribution in [3.8, 4) is 0 Å². The van der Waals surface area contributed by atoms with E-state index < -0.39 is 79.2 Å². The highest BCUT2D eigenvalue weighted by Gasteiger charge is 2.31. The first kappa shape index (κ1) is 27.0. The Bertz CT molecular complexity index is 874. The van der Waals surface area contributed by atoms with Crippen LogP contribution < -0.4 is 27.4 Å². The van der Waals surface area contributed by atoms with E-state index >= 15 is 0 Å². The highest BCUT2D eigenvalue weighted by Crippen LogP contribution is 2.02. The molecule has 4 atom stereocenters. The lowest BCUT2D eigenvalue weighted by Crippen LogP contribution is -2.58. The number of aromatic amines is 1. The van der Waals surface area contributed by atoms with Crippen molar-refractivity contribution in [2.24, 2.45) is 11.5 Å². The van der Waals surface area contributed by atoms with E-state index in [2.05, 4.69) is 15.3 Å². The van der Waals surface area contributed by atoms with Crippen molar-refractivity contribution < 1.29 is 44.1 Å². The fourth-order valence-corrected chi connectivity index (χ4v) is 2.53. The Morgan fingerprint density at radius 2 is 1.52 bits per heavy atom. The summed E-state index contributed by atoms with van der Waals surface area (Å²) < 4.78 is 0. The average Bonchev–Trinajstić information content (AvgIpc) is 3.22. The van der Waals surface area contributed by atoms with Crippen LogP contribution >= 0.6 is 0 Å². The number of amides is 4. The van der Waals surface area contributed by atoms with Gasteiger partial charge in [-0.15, -0.1) is 0 Å². The van der Waals surface area contributed by atoms with E-state index in [1.807, 2.05) is 10.6 Å². The maximum Gasteiger partial charge on any atom is 0.326 e. The number of aliphatic carboxylic acids is 2. The van der Waals surface area contributed by atoms with E-state index in [1.165, 1.54) is 12.5 Å². The van der Waals surface area contributed by atoms with Crippen LogP contribution in [-0.2, 0) is 35.2 Å². The number of nitrogens with two attached hydrogens (primary N) is 2. The molecule has 16 heteroatoms. The Morgan fingerprint density at radius 1 is 0.939 bits per heavy atom. The van der Waals surface area contributed by atoms with E-state index in [0.717, 1.165) is 0 Å². The first-order valence-corrected chi connectivity index (χ1v) is 9.42. The molecule has 0 fully saturated rings. The summed E-state index contributed by atoms with van der Waals surface area (Å²) in [5.41, 5.74) is 10.7. The van der Waals surface area contributed by atoms with Crippen molar-refractivity contribution in [1.82, 2.24) is 25.9 Å². The summed E-state index contributed by atoms with van der Waals surface area (Å²) >= 11 is 0. The van der Waals surface area contributed by atoms with Crippen LogP contribution in [0.3, 0.4) is 0 Å². The normalized spacial score (nSPS) is 14.2. The van der Waals surface area contributed by atoms with Gasteiger partial charge in [-0.3, -0.25) is 24.0 Å². The van der Waals surface area contributed by atoms with Crippen molar-refractivity contribution in [2.75, 3.05) is 6.61 Å². The SMILES string of the molecule is NC(=O)CC(N)C(=O)NC(CO)C(=O)NC(CC(=O)O)C(=O)NC(Cc1cnc[nH]1)C(=O)O. The molecule has 1 aromatic rings. The average molecular weight is 471 g/mol. The molecule has 1 rings (SSSR count). The number of aromatic nitrogens is 2. The zero-order chi connectivity index (χ0) is 25.1. The van der Waals surface area contributed by atoms with Crippen molar-refractivity contribution >= 4 is 35.6 Å². The summed E-state index contributed by atoms with van der Waals surface area (Å²) in [6.45, 7) is -0.958. The Hall–Kier alpha value is -4.05. The van der Waals surface area contributed by atoms with Crippen LogP contribution in [0.15, 0.2) is 12.5 Å². The molecule has 0 aliphatic heterocycles. The number of carbonyl (C=O) groups excluding carboxylic acids is 4. The van der Waals surface area contributed by atoms with Crippen LogP contribution in [0.5, 0.6) is 0 Å². The molecule has 0 aromatic carbocycles. The molecule has 0 saturated carbocycles. The lowest BCUT2D eigenvalue weighted by Gasteiger charge is -2.23. The molecule has 16 nitrogen and oxygen atoms in total. The minimum absolute atomic E-state index is 0.206. The van der Waals surface area contributed by atoms with E-state index in [4.69, 9.17) is 16.6 Å². The summed E-state index contributed by atoms with van der Waals surface area (Å²) in [5.74, 6) is -7.10. The maximum atomic E-state index is 12.5. The number of hydrogen-bond donors (Lipinski definition) is 9. The van der Waals surface area contributed by atoms with Gasteiger partial charge in [-0.25, -0.2) is 9.78 Å². The van der Waals surface area contributed by atoms with Gasteiger partial charge in [0.2, 0.25) is 23.6 Å². The van der Waals surface area contributed by atoms with Gasteiger partial charge in [-0.2, -0.15) is 0 Å². The molecule has 182 valence electrons. The molecular weight excluding hydrogens is 446 g/mol. The highest BCUT2D eigenvalue weighted by atomic mass is 16.4. The van der Waals surface area contributed by atoms with E-state index in [-0.39, 0.29) is 6.42 Å². The lowest BCUT2D eigenvalue weighted by molar-refractivity contribution is -0.143. The number of nitrogens with one attached hydrogen (secondary N) is 4. The fraction of sp³-hybridized carbons (Fsp3) is 0.471. The topological polar surface area (TPSA) is 280 Å². The fourth-order valence-electron chi connectivity index (χ4n) is 2.53. The number of nitrogens with zero attached hydrogens (tertiary/aromatic N) is 1. The van der Waals surface area contributed by atoms with Gasteiger partial charge in [0.05, 0.1) is 31.8 Å². The molecule has 0 saturated heterocycles. The Kier molecular flexibility index (Phi) is 10.4. The second-order valence-electron chi connectivity index (χ2n) is 6.86. The standard InChI is InChI=1S/C17H25N7O9/c18-8(2-12(19)26)14(29)24-11(5-25)16(31)22-9(3-13(27)28)15(30)23-10(17(32)33)1-7-4-20-6-21-7/h4,6,8-11,25H,1-3,5,18H2,(H2,19,26)(H,20,21)(H,22,31)(H,23,30)(H,24,29)(H,27,28)(H,32,33). The number of aliphatic hydroxyl groups is 1. The number of H-pyrrole nitrogens is 1. The van der Waals surface area contributed by atoms with Crippen molar-refractivity contribution in [3.63, 3.8) is 0 Å². The molecule has 33 heavy (non-hydrogen) atoms. The number of hydrogen-bond acceptors (Lipinski definition) is 9. The van der Waals surface area contributed by atoms with Gasteiger partial charge in [0.25, 0.3) is 0 Å². The molecule has 0 aliphatic carbocycles. The monoisotopic (exact) mass is 471 g/mol. The Morgan fingerprint density at radius 3 is 2.00 bits per heavy atom. The second kappa shape index (κ2) is 12.7. The van der Waals surface area contributed by atoms with Gasteiger partial charge in [0, 0.05) is 18.3 Å². The number of aliphatic hydroxyl groups excluding tert-OH is 1. The molecule has 11 N–H and O–H groups in total. The number of carbonyl (C=O) groups is 6. The zero-order valence-electron chi connectivity index (χ0n) is 17.2. The third kappa shape index (κ3) is 9.32. The third-order valence-corrected chi connectivity index (χ3v) is 4.18. The number of carboxylic acids is 2. The lowest BCUT2D eigenvalue weighted by atomic mass is 10.1. The molecule has 1 heterocycles. The summed E-state index contributed by atoms with van der Waals surface area (Å²) in [6.07, 6.45) is 0.948. The van der Waals surface area contributed by atoms with Crippen molar-refractivity contribution in [1.29, 1.82) is 0 Å². The van der Waals surface area contributed by atoms with Crippen LogP contribution in [0, 0.1) is 0 Å². The van der Waals surface area contributed by atoms with Crippen LogP contribution in [0.25, 0.3) is 0 Å². The molecule has 0 radical (unpaired) electrons. The first-order chi connectivity index (χ1) is 15.4.